The third-order valence-electron chi connectivity index (χ3n) is 4.47. The maximum absolute atomic E-state index is 12.9. The second-order valence-corrected chi connectivity index (χ2v) is 5.79. The Morgan fingerprint density at radius 3 is 2.17 bits per heavy atom. The van der Waals surface area contributed by atoms with Gasteiger partial charge in [0.05, 0.1) is 27.4 Å². The molecule has 0 bridgehead atoms. The predicted octanol–water partition coefficient (Wildman–Crippen LogP) is 2.07. The normalized spacial score (nSPS) is 20.3. The van der Waals surface area contributed by atoms with Crippen molar-refractivity contribution in [3.05, 3.63) is 23.8 Å². The van der Waals surface area contributed by atoms with Gasteiger partial charge in [-0.05, 0) is 18.6 Å². The molecule has 1 spiro atoms. The van der Waals surface area contributed by atoms with Crippen molar-refractivity contribution in [3.8, 4) is 11.5 Å². The molecule has 0 aromatic heterocycles. The smallest absolute Gasteiger partial charge is 0.261 e. The molecule has 2 saturated heterocycles. The molecule has 2 heterocycles. The van der Waals surface area contributed by atoms with E-state index in [0.29, 0.717) is 43.0 Å². The van der Waals surface area contributed by atoms with E-state index in [4.69, 9.17) is 18.9 Å². The molecule has 3 rings (SSSR count). The van der Waals surface area contributed by atoms with Crippen LogP contribution in [0.15, 0.2) is 18.2 Å². The first-order chi connectivity index (χ1) is 11.2. The summed E-state index contributed by atoms with van der Waals surface area (Å²) in [7, 11) is 3.11. The van der Waals surface area contributed by atoms with Gasteiger partial charge in [0.15, 0.2) is 5.79 Å². The van der Waals surface area contributed by atoms with Gasteiger partial charge in [0.1, 0.15) is 17.1 Å². The van der Waals surface area contributed by atoms with Gasteiger partial charge >= 0.3 is 0 Å². The van der Waals surface area contributed by atoms with Crippen LogP contribution in [0.25, 0.3) is 0 Å². The second kappa shape index (κ2) is 6.76. The largest absolute Gasteiger partial charge is 0.496 e. The monoisotopic (exact) mass is 321 g/mol. The number of hydrogen-bond donors (Lipinski definition) is 0. The number of amides is 1. The SMILES string of the molecule is COc1cccc(OC)c1C(=O)N1CCC2(CC1)OCCCO2. The van der Waals surface area contributed by atoms with E-state index in [9.17, 15) is 4.79 Å². The summed E-state index contributed by atoms with van der Waals surface area (Å²) in [5.74, 6) is 0.476. The summed E-state index contributed by atoms with van der Waals surface area (Å²) < 4.78 is 22.3. The highest BCUT2D eigenvalue weighted by molar-refractivity contribution is 5.99. The molecule has 1 aromatic rings. The number of carbonyl (C=O) groups excluding carboxylic acids is 1. The van der Waals surface area contributed by atoms with Gasteiger partial charge in [0, 0.05) is 25.9 Å². The number of hydrogen-bond acceptors (Lipinski definition) is 5. The molecule has 23 heavy (non-hydrogen) atoms. The number of piperidine rings is 1. The number of nitrogens with zero attached hydrogens (tertiary/aromatic N) is 1. The Morgan fingerprint density at radius 2 is 1.65 bits per heavy atom. The first-order valence-electron chi connectivity index (χ1n) is 7.97. The molecule has 2 aliphatic heterocycles. The molecule has 0 unspecified atom stereocenters. The number of benzene rings is 1. The molecule has 2 fully saturated rings. The zero-order chi connectivity index (χ0) is 16.3. The van der Waals surface area contributed by atoms with Crippen molar-refractivity contribution in [1.29, 1.82) is 0 Å². The van der Waals surface area contributed by atoms with E-state index in [0.717, 1.165) is 19.6 Å². The summed E-state index contributed by atoms with van der Waals surface area (Å²) in [6.45, 7) is 2.66. The molecular formula is C17H23NO5. The Labute approximate surface area is 136 Å². The quantitative estimate of drug-likeness (QED) is 0.853. The molecule has 0 saturated carbocycles. The van der Waals surface area contributed by atoms with Crippen LogP contribution in [0.5, 0.6) is 11.5 Å². The fourth-order valence-electron chi connectivity index (χ4n) is 3.18. The van der Waals surface area contributed by atoms with Crippen molar-refractivity contribution in [3.63, 3.8) is 0 Å². The summed E-state index contributed by atoms with van der Waals surface area (Å²) in [6.07, 6.45) is 2.31. The number of rotatable bonds is 3. The number of carbonyl (C=O) groups is 1. The van der Waals surface area contributed by atoms with Gasteiger partial charge in [0.2, 0.25) is 0 Å². The number of methoxy groups -OCH3 is 2. The van der Waals surface area contributed by atoms with Gasteiger partial charge in [-0.2, -0.15) is 0 Å². The van der Waals surface area contributed by atoms with E-state index in [1.807, 2.05) is 11.0 Å². The van der Waals surface area contributed by atoms with Crippen LogP contribution in [0, 0.1) is 0 Å². The number of ether oxygens (including phenoxy) is 4. The number of likely N-dealkylation sites (tertiary alicyclic amines) is 1. The Hall–Kier alpha value is -1.79. The Bertz CT molecular complexity index is 536. The fourth-order valence-corrected chi connectivity index (χ4v) is 3.18. The molecular weight excluding hydrogens is 298 g/mol. The minimum absolute atomic E-state index is 0.0787. The van der Waals surface area contributed by atoms with E-state index in [2.05, 4.69) is 0 Å². The zero-order valence-corrected chi connectivity index (χ0v) is 13.7. The molecule has 1 amide bonds. The molecule has 6 nitrogen and oxygen atoms in total. The summed E-state index contributed by atoms with van der Waals surface area (Å²) in [4.78, 5) is 14.7. The summed E-state index contributed by atoms with van der Waals surface area (Å²) in [6, 6.07) is 5.35. The van der Waals surface area contributed by atoms with Crippen LogP contribution in [0.1, 0.15) is 29.6 Å². The summed E-state index contributed by atoms with van der Waals surface area (Å²) >= 11 is 0. The van der Waals surface area contributed by atoms with Gasteiger partial charge in [-0.3, -0.25) is 4.79 Å². The van der Waals surface area contributed by atoms with Crippen molar-refractivity contribution in [1.82, 2.24) is 4.90 Å². The Morgan fingerprint density at radius 1 is 1.09 bits per heavy atom. The first kappa shape index (κ1) is 16.1. The minimum Gasteiger partial charge on any atom is -0.496 e. The van der Waals surface area contributed by atoms with E-state index in [1.54, 1.807) is 26.4 Å². The standard InChI is InChI=1S/C17H23NO5/c1-20-13-5-3-6-14(21-2)15(13)16(19)18-9-7-17(8-10-18)22-11-4-12-23-17/h3,5-6H,4,7-12H2,1-2H3. The zero-order valence-electron chi connectivity index (χ0n) is 13.7. The lowest BCUT2D eigenvalue weighted by Crippen LogP contribution is -2.51. The maximum Gasteiger partial charge on any atom is 0.261 e. The molecule has 6 heteroatoms. The van der Waals surface area contributed by atoms with Crippen LogP contribution < -0.4 is 9.47 Å². The van der Waals surface area contributed by atoms with E-state index in [1.165, 1.54) is 0 Å². The third kappa shape index (κ3) is 3.14. The lowest BCUT2D eigenvalue weighted by molar-refractivity contribution is -0.281. The van der Waals surface area contributed by atoms with Gasteiger partial charge in [-0.1, -0.05) is 6.07 Å². The van der Waals surface area contributed by atoms with Gasteiger partial charge in [-0.15, -0.1) is 0 Å². The highest BCUT2D eigenvalue weighted by atomic mass is 16.7. The average Bonchev–Trinajstić information content (AvgIpc) is 2.61. The molecule has 0 radical (unpaired) electrons. The molecule has 1 aromatic carbocycles. The Kier molecular flexibility index (Phi) is 4.73. The Balaban J connectivity index is 1.75. The van der Waals surface area contributed by atoms with Crippen LogP contribution in [-0.2, 0) is 9.47 Å². The average molecular weight is 321 g/mol. The van der Waals surface area contributed by atoms with Crippen molar-refractivity contribution >= 4 is 5.91 Å². The van der Waals surface area contributed by atoms with Crippen LogP contribution in [0.4, 0.5) is 0 Å². The molecule has 0 N–H and O–H groups in total. The van der Waals surface area contributed by atoms with Gasteiger partial charge < -0.3 is 23.8 Å². The molecule has 2 aliphatic rings. The predicted molar refractivity (Wildman–Crippen MR) is 83.9 cm³/mol. The molecule has 0 aliphatic carbocycles. The van der Waals surface area contributed by atoms with Crippen molar-refractivity contribution in [2.75, 3.05) is 40.5 Å². The van der Waals surface area contributed by atoms with Gasteiger partial charge in [0.25, 0.3) is 5.91 Å². The summed E-state index contributed by atoms with van der Waals surface area (Å²) in [5, 5.41) is 0. The van der Waals surface area contributed by atoms with E-state index in [-0.39, 0.29) is 5.91 Å². The van der Waals surface area contributed by atoms with Crippen molar-refractivity contribution in [2.24, 2.45) is 0 Å². The minimum atomic E-state index is -0.500. The third-order valence-corrected chi connectivity index (χ3v) is 4.47. The van der Waals surface area contributed by atoms with Crippen LogP contribution in [0.3, 0.4) is 0 Å². The maximum atomic E-state index is 12.9. The fraction of sp³-hybridized carbons (Fsp3) is 0.588. The van der Waals surface area contributed by atoms with Crippen LogP contribution >= 0.6 is 0 Å². The van der Waals surface area contributed by atoms with Crippen molar-refractivity contribution < 1.29 is 23.7 Å². The topological polar surface area (TPSA) is 57.2 Å². The molecule has 0 atom stereocenters. The second-order valence-electron chi connectivity index (χ2n) is 5.79. The highest BCUT2D eigenvalue weighted by Gasteiger charge is 2.40. The van der Waals surface area contributed by atoms with Crippen molar-refractivity contribution in [2.45, 2.75) is 25.0 Å². The highest BCUT2D eigenvalue weighted by Crippen LogP contribution is 2.34. The van der Waals surface area contributed by atoms with Gasteiger partial charge in [-0.25, -0.2) is 0 Å². The lowest BCUT2D eigenvalue weighted by Gasteiger charge is -2.43. The first-order valence-corrected chi connectivity index (χ1v) is 7.97. The van der Waals surface area contributed by atoms with E-state index < -0.39 is 5.79 Å². The summed E-state index contributed by atoms with van der Waals surface area (Å²) in [5.41, 5.74) is 0.471. The van der Waals surface area contributed by atoms with Crippen LogP contribution in [0.2, 0.25) is 0 Å². The van der Waals surface area contributed by atoms with Crippen LogP contribution in [-0.4, -0.2) is 57.1 Å². The molecule has 126 valence electrons. The lowest BCUT2D eigenvalue weighted by atomic mass is 10.0. The van der Waals surface area contributed by atoms with E-state index >= 15 is 0 Å².